The van der Waals surface area contributed by atoms with Crippen LogP contribution in [-0.2, 0) is 0 Å². The maximum atomic E-state index is 3.41. The van der Waals surface area contributed by atoms with E-state index in [1.807, 2.05) is 11.8 Å². The number of thioether (sulfide) groups is 1. The van der Waals surface area contributed by atoms with E-state index in [-0.39, 0.29) is 0 Å². The van der Waals surface area contributed by atoms with Crippen molar-refractivity contribution in [2.75, 3.05) is 23.9 Å². The van der Waals surface area contributed by atoms with Crippen molar-refractivity contribution in [1.82, 2.24) is 0 Å². The van der Waals surface area contributed by atoms with E-state index in [1.165, 1.54) is 17.9 Å². The Labute approximate surface area is 92.4 Å². The van der Waals surface area contributed by atoms with Crippen LogP contribution in [0.2, 0.25) is 0 Å². The van der Waals surface area contributed by atoms with Crippen molar-refractivity contribution in [1.29, 1.82) is 0 Å². The summed E-state index contributed by atoms with van der Waals surface area (Å²) < 4.78 is 1.13. The normalized spacial score (nSPS) is 10.0. The average molecular weight is 260 g/mol. The number of anilines is 1. The minimum absolute atomic E-state index is 1.06. The molecule has 1 aromatic rings. The van der Waals surface area contributed by atoms with Crippen LogP contribution in [-0.4, -0.2) is 18.6 Å². The standard InChI is InChI=1S/C10H14BrNS/c1-13-8-2-7-12-10-5-3-9(11)4-6-10/h3-6,12H,2,7-8H2,1H3. The predicted molar refractivity (Wildman–Crippen MR) is 65.6 cm³/mol. The first kappa shape index (κ1) is 10.9. The fourth-order valence-electron chi connectivity index (χ4n) is 1.02. The van der Waals surface area contributed by atoms with E-state index in [4.69, 9.17) is 0 Å². The molecule has 1 aromatic carbocycles. The summed E-state index contributed by atoms with van der Waals surface area (Å²) >= 11 is 5.30. The van der Waals surface area contributed by atoms with Crippen LogP contribution < -0.4 is 5.32 Å². The lowest BCUT2D eigenvalue weighted by Crippen LogP contribution is -2.01. The minimum Gasteiger partial charge on any atom is -0.385 e. The summed E-state index contributed by atoms with van der Waals surface area (Å²) in [6, 6.07) is 8.28. The maximum absolute atomic E-state index is 3.41. The van der Waals surface area contributed by atoms with E-state index >= 15 is 0 Å². The zero-order valence-electron chi connectivity index (χ0n) is 7.72. The van der Waals surface area contributed by atoms with Crippen LogP contribution in [0.4, 0.5) is 5.69 Å². The van der Waals surface area contributed by atoms with E-state index in [9.17, 15) is 0 Å². The molecule has 0 heterocycles. The summed E-state index contributed by atoms with van der Waals surface area (Å²) in [6.07, 6.45) is 3.36. The van der Waals surface area contributed by atoms with Crippen LogP contribution in [0, 0.1) is 0 Å². The second-order valence-corrected chi connectivity index (χ2v) is 4.68. The van der Waals surface area contributed by atoms with Gasteiger partial charge in [-0.25, -0.2) is 0 Å². The third-order valence-electron chi connectivity index (χ3n) is 1.70. The summed E-state index contributed by atoms with van der Waals surface area (Å²) in [4.78, 5) is 0. The summed E-state index contributed by atoms with van der Waals surface area (Å²) in [5, 5.41) is 3.37. The molecule has 72 valence electrons. The third-order valence-corrected chi connectivity index (χ3v) is 2.92. The zero-order valence-corrected chi connectivity index (χ0v) is 10.1. The Morgan fingerprint density at radius 2 is 2.00 bits per heavy atom. The number of hydrogen-bond donors (Lipinski definition) is 1. The molecule has 0 atom stereocenters. The van der Waals surface area contributed by atoms with Gasteiger partial charge in [-0.05, 0) is 42.7 Å². The summed E-state index contributed by atoms with van der Waals surface area (Å²) in [5.41, 5.74) is 1.20. The molecule has 3 heteroatoms. The molecule has 13 heavy (non-hydrogen) atoms. The molecule has 1 rings (SSSR count). The Morgan fingerprint density at radius 3 is 2.62 bits per heavy atom. The second kappa shape index (κ2) is 6.33. The van der Waals surface area contributed by atoms with Crippen molar-refractivity contribution in [3.05, 3.63) is 28.7 Å². The maximum Gasteiger partial charge on any atom is 0.0340 e. The van der Waals surface area contributed by atoms with E-state index in [1.54, 1.807) is 0 Å². The van der Waals surface area contributed by atoms with Gasteiger partial charge in [0.15, 0.2) is 0 Å². The van der Waals surface area contributed by atoms with E-state index < -0.39 is 0 Å². The number of benzene rings is 1. The molecule has 0 bridgehead atoms. The van der Waals surface area contributed by atoms with Crippen LogP contribution in [0.5, 0.6) is 0 Å². The molecule has 0 aliphatic carbocycles. The average Bonchev–Trinajstić information content (AvgIpc) is 2.15. The number of halogens is 1. The molecule has 0 fully saturated rings. The Bertz CT molecular complexity index is 235. The lowest BCUT2D eigenvalue weighted by molar-refractivity contribution is 0.993. The van der Waals surface area contributed by atoms with E-state index in [0.29, 0.717) is 0 Å². The van der Waals surface area contributed by atoms with Gasteiger partial charge in [0.05, 0.1) is 0 Å². The second-order valence-electron chi connectivity index (χ2n) is 2.78. The van der Waals surface area contributed by atoms with Gasteiger partial charge in [0, 0.05) is 16.7 Å². The summed E-state index contributed by atoms with van der Waals surface area (Å²) in [6.45, 7) is 1.06. The first-order valence-corrected chi connectivity index (χ1v) is 6.50. The molecule has 0 aliphatic heterocycles. The van der Waals surface area contributed by atoms with Crippen LogP contribution in [0.15, 0.2) is 28.7 Å². The van der Waals surface area contributed by atoms with Gasteiger partial charge in [-0.15, -0.1) is 0 Å². The van der Waals surface area contributed by atoms with Crippen molar-refractivity contribution in [2.24, 2.45) is 0 Å². The fraction of sp³-hybridized carbons (Fsp3) is 0.400. The van der Waals surface area contributed by atoms with Crippen LogP contribution >= 0.6 is 27.7 Å². The van der Waals surface area contributed by atoms with Crippen LogP contribution in [0.25, 0.3) is 0 Å². The van der Waals surface area contributed by atoms with Crippen molar-refractivity contribution >= 4 is 33.4 Å². The third kappa shape index (κ3) is 4.58. The summed E-state index contributed by atoms with van der Waals surface area (Å²) in [5.74, 6) is 1.23. The zero-order chi connectivity index (χ0) is 9.52. The Kier molecular flexibility index (Phi) is 5.32. The highest BCUT2D eigenvalue weighted by molar-refractivity contribution is 9.10. The highest BCUT2D eigenvalue weighted by Gasteiger charge is 1.90. The van der Waals surface area contributed by atoms with Crippen LogP contribution in [0.1, 0.15) is 6.42 Å². The molecule has 0 spiro atoms. The number of nitrogens with one attached hydrogen (secondary N) is 1. The number of hydrogen-bond acceptors (Lipinski definition) is 2. The molecule has 0 aromatic heterocycles. The molecular formula is C10H14BrNS. The molecule has 0 aliphatic rings. The lowest BCUT2D eigenvalue weighted by atomic mass is 10.3. The van der Waals surface area contributed by atoms with Gasteiger partial charge in [-0.2, -0.15) is 11.8 Å². The quantitative estimate of drug-likeness (QED) is 0.811. The van der Waals surface area contributed by atoms with Gasteiger partial charge >= 0.3 is 0 Å². The van der Waals surface area contributed by atoms with Gasteiger partial charge in [0.1, 0.15) is 0 Å². The van der Waals surface area contributed by atoms with Gasteiger partial charge in [0.2, 0.25) is 0 Å². The first-order valence-electron chi connectivity index (χ1n) is 4.31. The van der Waals surface area contributed by atoms with E-state index in [0.717, 1.165) is 11.0 Å². The first-order chi connectivity index (χ1) is 6.33. The molecule has 0 radical (unpaired) electrons. The van der Waals surface area contributed by atoms with Crippen molar-refractivity contribution in [3.8, 4) is 0 Å². The van der Waals surface area contributed by atoms with Gasteiger partial charge in [-0.1, -0.05) is 15.9 Å². The highest BCUT2D eigenvalue weighted by Crippen LogP contribution is 2.13. The number of rotatable bonds is 5. The SMILES string of the molecule is CSCCCNc1ccc(Br)cc1. The van der Waals surface area contributed by atoms with Crippen molar-refractivity contribution in [3.63, 3.8) is 0 Å². The van der Waals surface area contributed by atoms with Crippen molar-refractivity contribution < 1.29 is 0 Å². The fourth-order valence-corrected chi connectivity index (χ4v) is 1.71. The summed E-state index contributed by atoms with van der Waals surface area (Å²) in [7, 11) is 0. The highest BCUT2D eigenvalue weighted by atomic mass is 79.9. The lowest BCUT2D eigenvalue weighted by Gasteiger charge is -2.04. The Balaban J connectivity index is 2.25. The molecule has 0 amide bonds. The van der Waals surface area contributed by atoms with Gasteiger partial charge in [-0.3, -0.25) is 0 Å². The van der Waals surface area contributed by atoms with Gasteiger partial charge in [0.25, 0.3) is 0 Å². The largest absolute Gasteiger partial charge is 0.385 e. The van der Waals surface area contributed by atoms with Crippen LogP contribution in [0.3, 0.4) is 0 Å². The topological polar surface area (TPSA) is 12.0 Å². The van der Waals surface area contributed by atoms with Crippen molar-refractivity contribution in [2.45, 2.75) is 6.42 Å². The molecule has 0 saturated carbocycles. The van der Waals surface area contributed by atoms with Gasteiger partial charge < -0.3 is 5.32 Å². The molecule has 1 nitrogen and oxygen atoms in total. The Morgan fingerprint density at radius 1 is 1.31 bits per heavy atom. The smallest absolute Gasteiger partial charge is 0.0340 e. The molecule has 0 unspecified atom stereocenters. The minimum atomic E-state index is 1.06. The molecular weight excluding hydrogens is 246 g/mol. The Hall–Kier alpha value is -0.150. The van der Waals surface area contributed by atoms with E-state index in [2.05, 4.69) is 51.8 Å². The molecule has 0 saturated heterocycles. The predicted octanol–water partition coefficient (Wildman–Crippen LogP) is 3.61. The monoisotopic (exact) mass is 259 g/mol. The molecule has 1 N–H and O–H groups in total.